The molecule has 0 radical (unpaired) electrons. The predicted molar refractivity (Wildman–Crippen MR) is 115 cm³/mol. The summed E-state index contributed by atoms with van der Waals surface area (Å²) >= 11 is 0. The Morgan fingerprint density at radius 1 is 1.08 bits per heavy atom. The molecule has 2 N–H and O–H groups in total. The van der Waals surface area contributed by atoms with Gasteiger partial charge in [-0.3, -0.25) is 9.98 Å². The van der Waals surface area contributed by atoms with E-state index in [-0.39, 0.29) is 24.0 Å². The molecule has 0 fully saturated rings. The van der Waals surface area contributed by atoms with Crippen molar-refractivity contribution in [3.8, 4) is 5.75 Å². The quantitative estimate of drug-likeness (QED) is 0.255. The molecule has 0 aliphatic carbocycles. The summed E-state index contributed by atoms with van der Waals surface area (Å²) < 4.78 is 11.0. The molecule has 1 aromatic heterocycles. The maximum absolute atomic E-state index is 5.70. The van der Waals surface area contributed by atoms with E-state index in [1.165, 1.54) is 0 Å². The Balaban J connectivity index is 0.00000338. The molecule has 0 atom stereocenters. The van der Waals surface area contributed by atoms with E-state index in [0.717, 1.165) is 35.9 Å². The molecule has 0 unspecified atom stereocenters. The fourth-order valence-electron chi connectivity index (χ4n) is 2.32. The van der Waals surface area contributed by atoms with Gasteiger partial charge in [0, 0.05) is 44.0 Å². The van der Waals surface area contributed by atoms with Crippen molar-refractivity contribution in [2.75, 3.05) is 33.9 Å². The lowest BCUT2D eigenvalue weighted by atomic mass is 10.2. The van der Waals surface area contributed by atoms with Crippen molar-refractivity contribution in [3.05, 3.63) is 59.9 Å². The van der Waals surface area contributed by atoms with Gasteiger partial charge in [0.2, 0.25) is 0 Å². The van der Waals surface area contributed by atoms with E-state index in [1.807, 2.05) is 48.7 Å². The van der Waals surface area contributed by atoms with Gasteiger partial charge in [0.15, 0.2) is 5.96 Å². The van der Waals surface area contributed by atoms with E-state index in [0.29, 0.717) is 19.8 Å². The molecule has 0 aliphatic rings. The van der Waals surface area contributed by atoms with Crippen LogP contribution in [0.4, 0.5) is 0 Å². The maximum Gasteiger partial charge on any atom is 0.191 e. The number of halogens is 1. The lowest BCUT2D eigenvalue weighted by Crippen LogP contribution is -2.39. The van der Waals surface area contributed by atoms with Crippen LogP contribution in [0.5, 0.6) is 5.75 Å². The van der Waals surface area contributed by atoms with Crippen molar-refractivity contribution < 1.29 is 9.47 Å². The Bertz CT molecular complexity index is 653. The van der Waals surface area contributed by atoms with Gasteiger partial charge in [-0.15, -0.1) is 24.0 Å². The lowest BCUT2D eigenvalue weighted by Gasteiger charge is -2.12. The largest absolute Gasteiger partial charge is 0.496 e. The lowest BCUT2D eigenvalue weighted by molar-refractivity contribution is 0.123. The number of nitrogens with zero attached hydrogens (tertiary/aromatic N) is 2. The third-order valence-electron chi connectivity index (χ3n) is 3.61. The molecule has 2 rings (SSSR count). The number of benzene rings is 1. The molecule has 0 saturated heterocycles. The van der Waals surface area contributed by atoms with Crippen LogP contribution in [-0.4, -0.2) is 44.8 Å². The molecule has 0 amide bonds. The van der Waals surface area contributed by atoms with Gasteiger partial charge < -0.3 is 20.1 Å². The van der Waals surface area contributed by atoms with E-state index in [9.17, 15) is 0 Å². The molecule has 0 spiro atoms. The average Bonchev–Trinajstić information content (AvgIpc) is 2.67. The van der Waals surface area contributed by atoms with Crippen molar-refractivity contribution in [1.29, 1.82) is 0 Å². The Labute approximate surface area is 172 Å². The van der Waals surface area contributed by atoms with Gasteiger partial charge >= 0.3 is 0 Å². The first-order chi connectivity index (χ1) is 12.3. The van der Waals surface area contributed by atoms with Crippen LogP contribution in [0.3, 0.4) is 0 Å². The zero-order chi connectivity index (χ0) is 17.7. The SMILES string of the molecule is CN=C(NCCOCc1ccccc1OC)NCCc1ccccn1.I. The van der Waals surface area contributed by atoms with E-state index < -0.39 is 0 Å². The van der Waals surface area contributed by atoms with Gasteiger partial charge in [-0.25, -0.2) is 0 Å². The summed E-state index contributed by atoms with van der Waals surface area (Å²) in [6.45, 7) is 2.56. The summed E-state index contributed by atoms with van der Waals surface area (Å²) in [5.74, 6) is 1.61. The number of guanidine groups is 1. The normalized spacial score (nSPS) is 10.8. The molecule has 0 saturated carbocycles. The smallest absolute Gasteiger partial charge is 0.191 e. The molecule has 26 heavy (non-hydrogen) atoms. The molecule has 0 aliphatic heterocycles. The van der Waals surface area contributed by atoms with Crippen molar-refractivity contribution in [2.45, 2.75) is 13.0 Å². The van der Waals surface area contributed by atoms with Crippen LogP contribution in [-0.2, 0) is 17.8 Å². The zero-order valence-electron chi connectivity index (χ0n) is 15.3. The minimum atomic E-state index is 0. The summed E-state index contributed by atoms with van der Waals surface area (Å²) in [6, 6.07) is 13.8. The number of rotatable bonds is 9. The third kappa shape index (κ3) is 8.01. The van der Waals surface area contributed by atoms with Crippen LogP contribution in [0.25, 0.3) is 0 Å². The van der Waals surface area contributed by atoms with E-state index in [1.54, 1.807) is 14.2 Å². The molecule has 7 heteroatoms. The van der Waals surface area contributed by atoms with Gasteiger partial charge in [-0.05, 0) is 18.2 Å². The van der Waals surface area contributed by atoms with Gasteiger partial charge in [-0.1, -0.05) is 24.3 Å². The van der Waals surface area contributed by atoms with Crippen molar-refractivity contribution in [3.63, 3.8) is 0 Å². The van der Waals surface area contributed by atoms with Crippen LogP contribution in [0.15, 0.2) is 53.7 Å². The van der Waals surface area contributed by atoms with E-state index >= 15 is 0 Å². The Hall–Kier alpha value is -1.87. The van der Waals surface area contributed by atoms with Crippen molar-refractivity contribution >= 4 is 29.9 Å². The number of hydrogen-bond acceptors (Lipinski definition) is 4. The highest BCUT2D eigenvalue weighted by Gasteiger charge is 2.02. The number of pyridine rings is 1. The molecular formula is C19H27IN4O2. The Morgan fingerprint density at radius 3 is 2.58 bits per heavy atom. The second kappa shape index (κ2) is 13.3. The molecule has 1 aromatic carbocycles. The van der Waals surface area contributed by atoms with Crippen molar-refractivity contribution in [1.82, 2.24) is 15.6 Å². The molecule has 2 aromatic rings. The number of hydrogen-bond donors (Lipinski definition) is 2. The molecular weight excluding hydrogens is 443 g/mol. The zero-order valence-corrected chi connectivity index (χ0v) is 17.6. The van der Waals surface area contributed by atoms with Crippen LogP contribution >= 0.6 is 24.0 Å². The number of nitrogens with one attached hydrogen (secondary N) is 2. The summed E-state index contributed by atoms with van der Waals surface area (Å²) in [5.41, 5.74) is 2.11. The number of ether oxygens (including phenoxy) is 2. The van der Waals surface area contributed by atoms with E-state index in [2.05, 4.69) is 20.6 Å². The van der Waals surface area contributed by atoms with E-state index in [4.69, 9.17) is 9.47 Å². The fraction of sp³-hybridized carbons (Fsp3) is 0.368. The van der Waals surface area contributed by atoms with Gasteiger partial charge in [0.25, 0.3) is 0 Å². The predicted octanol–water partition coefficient (Wildman–Crippen LogP) is 2.63. The van der Waals surface area contributed by atoms with Gasteiger partial charge in [-0.2, -0.15) is 0 Å². The number of methoxy groups -OCH3 is 1. The fourth-order valence-corrected chi connectivity index (χ4v) is 2.32. The Kier molecular flexibility index (Phi) is 11.4. The standard InChI is InChI=1S/C19H26N4O2.HI/c1-20-19(22-12-10-17-8-5-6-11-21-17)23-13-14-25-15-16-7-3-4-9-18(16)24-2;/h3-9,11H,10,12-15H2,1-2H3,(H2,20,22,23);1H. The van der Waals surface area contributed by atoms with Crippen LogP contribution in [0.2, 0.25) is 0 Å². The van der Waals surface area contributed by atoms with Crippen LogP contribution < -0.4 is 15.4 Å². The number of aromatic nitrogens is 1. The maximum atomic E-state index is 5.70. The molecule has 142 valence electrons. The molecule has 6 nitrogen and oxygen atoms in total. The van der Waals surface area contributed by atoms with Gasteiger partial charge in [0.1, 0.15) is 5.75 Å². The number of para-hydroxylation sites is 1. The first-order valence-corrected chi connectivity index (χ1v) is 8.37. The van der Waals surface area contributed by atoms with Crippen molar-refractivity contribution in [2.24, 2.45) is 4.99 Å². The summed E-state index contributed by atoms with van der Waals surface area (Å²) in [5, 5.41) is 6.50. The minimum absolute atomic E-state index is 0. The highest BCUT2D eigenvalue weighted by Crippen LogP contribution is 2.17. The Morgan fingerprint density at radius 2 is 1.85 bits per heavy atom. The first-order valence-electron chi connectivity index (χ1n) is 8.37. The second-order valence-corrected chi connectivity index (χ2v) is 5.36. The molecule has 1 heterocycles. The van der Waals surface area contributed by atoms with Crippen LogP contribution in [0.1, 0.15) is 11.3 Å². The average molecular weight is 470 g/mol. The minimum Gasteiger partial charge on any atom is -0.496 e. The monoisotopic (exact) mass is 470 g/mol. The van der Waals surface area contributed by atoms with Crippen LogP contribution in [0, 0.1) is 0 Å². The van der Waals surface area contributed by atoms with Gasteiger partial charge in [0.05, 0.1) is 20.3 Å². The first kappa shape index (κ1) is 22.2. The summed E-state index contributed by atoms with van der Waals surface area (Å²) in [4.78, 5) is 8.50. The topological polar surface area (TPSA) is 67.8 Å². The molecule has 0 bridgehead atoms. The number of aliphatic imine (C=N–C) groups is 1. The summed E-state index contributed by atoms with van der Waals surface area (Å²) in [7, 11) is 3.42. The third-order valence-corrected chi connectivity index (χ3v) is 3.61. The highest BCUT2D eigenvalue weighted by molar-refractivity contribution is 14.0. The highest BCUT2D eigenvalue weighted by atomic mass is 127. The second-order valence-electron chi connectivity index (χ2n) is 5.36. The summed E-state index contributed by atoms with van der Waals surface area (Å²) in [6.07, 6.45) is 2.66.